The van der Waals surface area contributed by atoms with E-state index in [2.05, 4.69) is 58.0 Å². The van der Waals surface area contributed by atoms with Gasteiger partial charge in [-0.15, -0.1) is 26.3 Å². The SMILES string of the molecule is FC(F)(F)Oc1ccc(-c2ccc(-c3ccc(Cc4ccc(-c5ccc(-c6ccc(OC(F)(F)F)cc6I)cc5)cc4)cc3)cc2)c(I)c1. The second-order valence-electron chi connectivity index (χ2n) is 11.1. The molecule has 2 nitrogen and oxygen atoms in total. The van der Waals surface area contributed by atoms with E-state index in [-0.39, 0.29) is 11.5 Å². The van der Waals surface area contributed by atoms with E-state index in [4.69, 9.17) is 0 Å². The fourth-order valence-corrected chi connectivity index (χ4v) is 7.00. The van der Waals surface area contributed by atoms with Crippen LogP contribution in [0.25, 0.3) is 44.5 Å². The average molecular weight is 892 g/mol. The average Bonchev–Trinajstić information content (AvgIpc) is 3.05. The van der Waals surface area contributed by atoms with Crippen molar-refractivity contribution in [1.82, 2.24) is 0 Å². The van der Waals surface area contributed by atoms with E-state index in [1.165, 1.54) is 24.3 Å². The van der Waals surface area contributed by atoms with Crippen molar-refractivity contribution >= 4 is 45.2 Å². The highest BCUT2D eigenvalue weighted by Gasteiger charge is 2.32. The van der Waals surface area contributed by atoms with Gasteiger partial charge in [-0.2, -0.15) is 0 Å². The number of hydrogen-bond donors (Lipinski definition) is 0. The monoisotopic (exact) mass is 892 g/mol. The molecule has 10 heteroatoms. The van der Waals surface area contributed by atoms with Crippen molar-refractivity contribution < 1.29 is 35.8 Å². The van der Waals surface area contributed by atoms with Crippen LogP contribution in [0.15, 0.2) is 133 Å². The van der Waals surface area contributed by atoms with E-state index in [0.29, 0.717) is 7.14 Å². The Labute approximate surface area is 306 Å². The number of alkyl halides is 6. The lowest BCUT2D eigenvalue weighted by Gasteiger charge is -2.12. The van der Waals surface area contributed by atoms with Gasteiger partial charge in [-0.3, -0.25) is 0 Å². The van der Waals surface area contributed by atoms with Crippen LogP contribution in [0.3, 0.4) is 0 Å². The number of hydrogen-bond acceptors (Lipinski definition) is 2. The molecule has 248 valence electrons. The molecule has 6 aromatic rings. The quantitative estimate of drug-likeness (QED) is 0.112. The normalized spacial score (nSPS) is 11.8. The molecule has 0 atom stereocenters. The third-order valence-corrected chi connectivity index (χ3v) is 9.51. The predicted octanol–water partition coefficient (Wildman–Crippen LogP) is 13.0. The van der Waals surface area contributed by atoms with Gasteiger partial charge in [-0.1, -0.05) is 97.1 Å². The van der Waals surface area contributed by atoms with Crippen LogP contribution in [0, 0.1) is 7.14 Å². The molecule has 0 spiro atoms. The summed E-state index contributed by atoms with van der Waals surface area (Å²) in [6, 6.07) is 41.1. The van der Waals surface area contributed by atoms with Crippen LogP contribution in [0.1, 0.15) is 11.1 Å². The molecule has 0 unspecified atom stereocenters. The van der Waals surface area contributed by atoms with Crippen molar-refractivity contribution in [3.05, 3.63) is 152 Å². The van der Waals surface area contributed by atoms with Crippen LogP contribution in [-0.2, 0) is 6.42 Å². The standard InChI is InChI=1S/C39H24F6I2O2/c40-38(41,42)48-32-17-19-34(36(46)22-32)30-13-9-28(10-14-30)26-5-1-24(2-6-26)21-25-3-7-27(8-4-25)29-11-15-31(16-12-29)35-20-18-33(23-37(35)47)49-39(43,44)45/h1-20,22-23H,21H2. The summed E-state index contributed by atoms with van der Waals surface area (Å²) in [6.07, 6.45) is -8.70. The molecule has 6 aromatic carbocycles. The molecule has 0 aliphatic heterocycles. The predicted molar refractivity (Wildman–Crippen MR) is 196 cm³/mol. The van der Waals surface area contributed by atoms with Crippen molar-refractivity contribution in [2.75, 3.05) is 0 Å². The van der Waals surface area contributed by atoms with E-state index in [0.717, 1.165) is 62.1 Å². The van der Waals surface area contributed by atoms with Crippen LogP contribution in [0.2, 0.25) is 0 Å². The molecule has 0 N–H and O–H groups in total. The van der Waals surface area contributed by atoms with Gasteiger partial charge in [0.1, 0.15) is 11.5 Å². The Morgan fingerprint density at radius 3 is 0.959 bits per heavy atom. The van der Waals surface area contributed by atoms with Crippen molar-refractivity contribution in [1.29, 1.82) is 0 Å². The van der Waals surface area contributed by atoms with Crippen LogP contribution >= 0.6 is 45.2 Å². The second kappa shape index (κ2) is 14.4. The lowest BCUT2D eigenvalue weighted by molar-refractivity contribution is -0.275. The van der Waals surface area contributed by atoms with Gasteiger partial charge in [0.2, 0.25) is 0 Å². The van der Waals surface area contributed by atoms with E-state index in [1.54, 1.807) is 12.1 Å². The summed E-state index contributed by atoms with van der Waals surface area (Å²) in [5, 5.41) is 0. The first kappa shape index (κ1) is 34.8. The van der Waals surface area contributed by atoms with Crippen LogP contribution in [0.4, 0.5) is 26.3 Å². The molecule has 0 fully saturated rings. The van der Waals surface area contributed by atoms with Crippen molar-refractivity contribution in [3.63, 3.8) is 0 Å². The van der Waals surface area contributed by atoms with Crippen LogP contribution < -0.4 is 9.47 Å². The third kappa shape index (κ3) is 9.15. The van der Waals surface area contributed by atoms with Gasteiger partial charge in [-0.25, -0.2) is 0 Å². The Hall–Kier alpha value is -4.04. The Morgan fingerprint density at radius 1 is 0.388 bits per heavy atom. The molecule has 0 aromatic heterocycles. The number of ether oxygens (including phenoxy) is 2. The summed E-state index contributed by atoms with van der Waals surface area (Å²) in [7, 11) is 0. The van der Waals surface area contributed by atoms with E-state index in [1.807, 2.05) is 93.7 Å². The molecule has 0 bridgehead atoms. The zero-order chi connectivity index (χ0) is 34.8. The van der Waals surface area contributed by atoms with Crippen molar-refractivity contribution in [2.24, 2.45) is 0 Å². The molecule has 0 aliphatic carbocycles. The fraction of sp³-hybridized carbons (Fsp3) is 0.0769. The minimum atomic E-state index is -4.73. The van der Waals surface area contributed by atoms with Gasteiger partial charge in [0.15, 0.2) is 0 Å². The van der Waals surface area contributed by atoms with Gasteiger partial charge in [-0.05, 0) is 144 Å². The summed E-state index contributed by atoms with van der Waals surface area (Å²) in [6.45, 7) is 0. The van der Waals surface area contributed by atoms with Gasteiger partial charge in [0.25, 0.3) is 0 Å². The number of benzene rings is 6. The molecule has 0 aliphatic rings. The molecule has 0 radical (unpaired) electrons. The maximum Gasteiger partial charge on any atom is 0.573 e. The molecule has 6 rings (SSSR count). The van der Waals surface area contributed by atoms with Crippen molar-refractivity contribution in [2.45, 2.75) is 19.1 Å². The highest BCUT2D eigenvalue weighted by Crippen LogP contribution is 2.34. The highest BCUT2D eigenvalue weighted by atomic mass is 127. The molecule has 0 heterocycles. The largest absolute Gasteiger partial charge is 0.573 e. The zero-order valence-corrected chi connectivity index (χ0v) is 29.6. The fourth-order valence-electron chi connectivity index (χ4n) is 5.40. The van der Waals surface area contributed by atoms with E-state index < -0.39 is 12.7 Å². The smallest absolute Gasteiger partial charge is 0.406 e. The summed E-state index contributed by atoms with van der Waals surface area (Å²) in [5.41, 5.74) is 9.92. The Balaban J connectivity index is 1.07. The minimum absolute atomic E-state index is 0.246. The summed E-state index contributed by atoms with van der Waals surface area (Å²) < 4.78 is 84.7. The van der Waals surface area contributed by atoms with Gasteiger partial charge in [0.05, 0.1) is 0 Å². The molecular formula is C39H24F6I2O2. The van der Waals surface area contributed by atoms with Crippen LogP contribution in [-0.4, -0.2) is 12.7 Å². The Bertz CT molecular complexity index is 1910. The molecule has 0 saturated carbocycles. The lowest BCUT2D eigenvalue weighted by atomic mass is 9.96. The van der Waals surface area contributed by atoms with E-state index in [9.17, 15) is 26.3 Å². The van der Waals surface area contributed by atoms with E-state index >= 15 is 0 Å². The van der Waals surface area contributed by atoms with Gasteiger partial charge >= 0.3 is 12.7 Å². The second-order valence-corrected chi connectivity index (χ2v) is 13.4. The minimum Gasteiger partial charge on any atom is -0.406 e. The molecule has 0 amide bonds. The molecular weight excluding hydrogens is 868 g/mol. The summed E-state index contributed by atoms with van der Waals surface area (Å²) in [4.78, 5) is 0. The topological polar surface area (TPSA) is 18.5 Å². The molecule has 0 saturated heterocycles. The highest BCUT2D eigenvalue weighted by molar-refractivity contribution is 14.1. The number of rotatable bonds is 8. The van der Waals surface area contributed by atoms with Gasteiger partial charge < -0.3 is 9.47 Å². The number of halogens is 8. The third-order valence-electron chi connectivity index (χ3n) is 7.72. The first-order chi connectivity index (χ1) is 23.3. The van der Waals surface area contributed by atoms with Crippen molar-refractivity contribution in [3.8, 4) is 56.0 Å². The first-order valence-electron chi connectivity index (χ1n) is 14.8. The Morgan fingerprint density at radius 2 is 0.673 bits per heavy atom. The lowest BCUT2D eigenvalue weighted by Crippen LogP contribution is -2.17. The summed E-state index contributed by atoms with van der Waals surface area (Å²) in [5.74, 6) is -0.493. The summed E-state index contributed by atoms with van der Waals surface area (Å²) >= 11 is 4.02. The van der Waals surface area contributed by atoms with Gasteiger partial charge in [0, 0.05) is 7.14 Å². The Kier molecular flexibility index (Phi) is 10.3. The maximum absolute atomic E-state index is 12.6. The van der Waals surface area contributed by atoms with Crippen LogP contribution in [0.5, 0.6) is 11.5 Å². The maximum atomic E-state index is 12.6. The zero-order valence-electron chi connectivity index (χ0n) is 25.2. The first-order valence-corrected chi connectivity index (χ1v) is 17.0. The molecule has 49 heavy (non-hydrogen) atoms.